The van der Waals surface area contributed by atoms with Crippen molar-refractivity contribution >= 4 is 23.9 Å². The van der Waals surface area contributed by atoms with Crippen molar-refractivity contribution in [2.75, 3.05) is 5.73 Å². The van der Waals surface area contributed by atoms with Gasteiger partial charge in [-0.25, -0.2) is 0 Å². The first-order valence-electron chi connectivity index (χ1n) is 6.51. The van der Waals surface area contributed by atoms with Gasteiger partial charge in [0.15, 0.2) is 0 Å². The predicted octanol–water partition coefficient (Wildman–Crippen LogP) is 0.666. The molecular formula is C14H17N3O3. The molecule has 1 aromatic carbocycles. The zero-order valence-electron chi connectivity index (χ0n) is 11.3. The monoisotopic (exact) mass is 275 g/mol. The average Bonchev–Trinajstić information content (AvgIpc) is 2.72. The fourth-order valence-corrected chi connectivity index (χ4v) is 2.47. The number of carbonyl (C=O) groups is 3. The van der Waals surface area contributed by atoms with Crippen molar-refractivity contribution in [2.45, 2.75) is 32.4 Å². The maximum absolute atomic E-state index is 12.3. The maximum atomic E-state index is 12.3. The van der Waals surface area contributed by atoms with E-state index in [4.69, 9.17) is 5.73 Å². The molecule has 1 aliphatic heterocycles. The maximum Gasteiger partial charge on any atom is 0.255 e. The van der Waals surface area contributed by atoms with Crippen LogP contribution >= 0.6 is 0 Å². The molecule has 0 saturated heterocycles. The first kappa shape index (κ1) is 14.0. The predicted molar refractivity (Wildman–Crippen MR) is 73.6 cm³/mol. The Morgan fingerprint density at radius 3 is 2.95 bits per heavy atom. The van der Waals surface area contributed by atoms with Gasteiger partial charge in [-0.15, -0.1) is 0 Å². The molecule has 1 atom stereocenters. The van der Waals surface area contributed by atoms with Gasteiger partial charge in [-0.1, -0.05) is 13.3 Å². The molecule has 0 radical (unpaired) electrons. The summed E-state index contributed by atoms with van der Waals surface area (Å²) in [5.74, 6) is -0.643. The fraction of sp³-hybridized carbons (Fsp3) is 0.357. The van der Waals surface area contributed by atoms with E-state index in [1.165, 1.54) is 4.90 Å². The largest absolute Gasteiger partial charge is 0.399 e. The quantitative estimate of drug-likeness (QED) is 0.610. The van der Waals surface area contributed by atoms with Crippen LogP contribution in [0.2, 0.25) is 0 Å². The minimum atomic E-state index is -0.633. The summed E-state index contributed by atoms with van der Waals surface area (Å²) >= 11 is 0. The Kier molecular flexibility index (Phi) is 4.02. The van der Waals surface area contributed by atoms with E-state index >= 15 is 0 Å². The number of nitrogens with zero attached hydrogens (tertiary/aromatic N) is 1. The molecule has 20 heavy (non-hydrogen) atoms. The van der Waals surface area contributed by atoms with Crippen LogP contribution in [0.25, 0.3) is 0 Å². The molecule has 6 nitrogen and oxygen atoms in total. The van der Waals surface area contributed by atoms with Gasteiger partial charge in [0.05, 0.1) is 0 Å². The molecule has 1 aromatic rings. The standard InChI is InChI=1S/C14H17N3O3/c1-2-3-12(13(19)16-8-18)17-7-9-6-10(15)4-5-11(9)14(17)20/h4-6,8,12H,2-3,7,15H2,1H3,(H,16,18,19). The second kappa shape index (κ2) is 5.73. The molecule has 0 aromatic heterocycles. The van der Waals surface area contributed by atoms with E-state index in [0.29, 0.717) is 30.6 Å². The van der Waals surface area contributed by atoms with Crippen LogP contribution < -0.4 is 11.1 Å². The first-order chi connectivity index (χ1) is 9.58. The number of imide groups is 1. The Bertz CT molecular complexity index is 557. The number of nitrogens with two attached hydrogens (primary N) is 1. The number of nitrogen functional groups attached to an aromatic ring is 1. The molecule has 106 valence electrons. The van der Waals surface area contributed by atoms with Crippen LogP contribution in [0.5, 0.6) is 0 Å². The molecule has 0 aliphatic carbocycles. The van der Waals surface area contributed by atoms with E-state index in [0.717, 1.165) is 12.0 Å². The number of nitrogens with one attached hydrogen (secondary N) is 1. The number of hydrogen-bond donors (Lipinski definition) is 2. The van der Waals surface area contributed by atoms with Gasteiger partial charge in [-0.3, -0.25) is 19.7 Å². The summed E-state index contributed by atoms with van der Waals surface area (Å²) in [5.41, 5.74) is 7.68. The Morgan fingerprint density at radius 1 is 1.55 bits per heavy atom. The Balaban J connectivity index is 2.26. The van der Waals surface area contributed by atoms with Crippen molar-refractivity contribution < 1.29 is 14.4 Å². The Hall–Kier alpha value is -2.37. The fourth-order valence-electron chi connectivity index (χ4n) is 2.47. The van der Waals surface area contributed by atoms with E-state index < -0.39 is 11.9 Å². The van der Waals surface area contributed by atoms with E-state index in [9.17, 15) is 14.4 Å². The van der Waals surface area contributed by atoms with Crippen LogP contribution in [0.4, 0.5) is 5.69 Å². The summed E-state index contributed by atoms with van der Waals surface area (Å²) in [6.07, 6.45) is 1.59. The van der Waals surface area contributed by atoms with E-state index in [1.807, 2.05) is 6.92 Å². The zero-order valence-corrected chi connectivity index (χ0v) is 11.3. The highest BCUT2D eigenvalue weighted by molar-refractivity contribution is 6.02. The lowest BCUT2D eigenvalue weighted by molar-refractivity contribution is -0.129. The Labute approximate surface area is 116 Å². The smallest absolute Gasteiger partial charge is 0.255 e. The van der Waals surface area contributed by atoms with Crippen LogP contribution in [0.1, 0.15) is 35.7 Å². The molecular weight excluding hydrogens is 258 g/mol. The van der Waals surface area contributed by atoms with Gasteiger partial charge in [-0.05, 0) is 30.2 Å². The third-order valence-electron chi connectivity index (χ3n) is 3.40. The molecule has 0 bridgehead atoms. The van der Waals surface area contributed by atoms with E-state index in [-0.39, 0.29) is 5.91 Å². The number of rotatable bonds is 5. The van der Waals surface area contributed by atoms with Gasteiger partial charge < -0.3 is 10.6 Å². The first-order valence-corrected chi connectivity index (χ1v) is 6.51. The summed E-state index contributed by atoms with van der Waals surface area (Å²) < 4.78 is 0. The zero-order chi connectivity index (χ0) is 14.7. The number of carbonyl (C=O) groups excluding carboxylic acids is 3. The molecule has 2 rings (SSSR count). The van der Waals surface area contributed by atoms with Crippen LogP contribution in [0.15, 0.2) is 18.2 Å². The minimum Gasteiger partial charge on any atom is -0.399 e. The number of anilines is 1. The molecule has 3 amide bonds. The molecule has 3 N–H and O–H groups in total. The Morgan fingerprint density at radius 2 is 2.30 bits per heavy atom. The second-order valence-electron chi connectivity index (χ2n) is 4.78. The molecule has 6 heteroatoms. The number of hydrogen-bond acceptors (Lipinski definition) is 4. The van der Waals surface area contributed by atoms with E-state index in [2.05, 4.69) is 5.32 Å². The molecule has 1 unspecified atom stereocenters. The normalized spacial score (nSPS) is 14.8. The van der Waals surface area contributed by atoms with Crippen LogP contribution in [-0.2, 0) is 16.1 Å². The van der Waals surface area contributed by atoms with Gasteiger partial charge >= 0.3 is 0 Å². The molecule has 1 heterocycles. The van der Waals surface area contributed by atoms with E-state index in [1.54, 1.807) is 18.2 Å². The van der Waals surface area contributed by atoms with Gasteiger partial charge in [0.25, 0.3) is 5.91 Å². The average molecular weight is 275 g/mol. The molecule has 0 saturated carbocycles. The summed E-state index contributed by atoms with van der Waals surface area (Å²) in [4.78, 5) is 36.2. The number of amides is 3. The molecule has 0 fully saturated rings. The highest BCUT2D eigenvalue weighted by Gasteiger charge is 2.35. The van der Waals surface area contributed by atoms with Crippen molar-refractivity contribution in [1.29, 1.82) is 0 Å². The van der Waals surface area contributed by atoms with Crippen LogP contribution in [0.3, 0.4) is 0 Å². The van der Waals surface area contributed by atoms with Gasteiger partial charge in [0, 0.05) is 17.8 Å². The van der Waals surface area contributed by atoms with Gasteiger partial charge in [0.1, 0.15) is 6.04 Å². The second-order valence-corrected chi connectivity index (χ2v) is 4.78. The number of benzene rings is 1. The summed E-state index contributed by atoms with van der Waals surface area (Å²) in [7, 11) is 0. The van der Waals surface area contributed by atoms with Gasteiger partial charge in [-0.2, -0.15) is 0 Å². The lowest BCUT2D eigenvalue weighted by atomic mass is 10.1. The van der Waals surface area contributed by atoms with Crippen molar-refractivity contribution in [1.82, 2.24) is 10.2 Å². The number of fused-ring (bicyclic) bond motifs is 1. The van der Waals surface area contributed by atoms with Crippen molar-refractivity contribution in [2.24, 2.45) is 0 Å². The lowest BCUT2D eigenvalue weighted by Gasteiger charge is -2.25. The van der Waals surface area contributed by atoms with Crippen molar-refractivity contribution in [3.63, 3.8) is 0 Å². The van der Waals surface area contributed by atoms with Crippen molar-refractivity contribution in [3.8, 4) is 0 Å². The third-order valence-corrected chi connectivity index (χ3v) is 3.40. The molecule has 0 spiro atoms. The summed E-state index contributed by atoms with van der Waals surface area (Å²) in [5, 5.41) is 2.13. The van der Waals surface area contributed by atoms with Crippen LogP contribution in [-0.4, -0.2) is 29.2 Å². The third kappa shape index (κ3) is 2.49. The van der Waals surface area contributed by atoms with Crippen molar-refractivity contribution in [3.05, 3.63) is 29.3 Å². The summed E-state index contributed by atoms with van der Waals surface area (Å²) in [6, 6.07) is 4.45. The van der Waals surface area contributed by atoms with Crippen LogP contribution in [0, 0.1) is 0 Å². The highest BCUT2D eigenvalue weighted by Crippen LogP contribution is 2.27. The lowest BCUT2D eigenvalue weighted by Crippen LogP contribution is -2.46. The topological polar surface area (TPSA) is 92.5 Å². The minimum absolute atomic E-state index is 0.195. The van der Waals surface area contributed by atoms with Gasteiger partial charge in [0.2, 0.25) is 12.3 Å². The summed E-state index contributed by atoms with van der Waals surface area (Å²) in [6.45, 7) is 2.27. The molecule has 1 aliphatic rings. The SMILES string of the molecule is CCCC(C(=O)NC=O)N1Cc2cc(N)ccc2C1=O. The highest BCUT2D eigenvalue weighted by atomic mass is 16.2.